The van der Waals surface area contributed by atoms with Gasteiger partial charge in [0.05, 0.1) is 7.11 Å². The second kappa shape index (κ2) is 8.16. The van der Waals surface area contributed by atoms with Crippen LogP contribution in [0.3, 0.4) is 0 Å². The number of rotatable bonds is 6. The Kier molecular flexibility index (Phi) is 6.82. The maximum atomic E-state index is 11.4. The van der Waals surface area contributed by atoms with Crippen molar-refractivity contribution in [3.63, 3.8) is 0 Å². The minimum atomic E-state index is -0.441. The fraction of sp³-hybridized carbons (Fsp3) is 0.333. The largest absolute Gasteiger partial charge is 0.468 e. The molecule has 1 aromatic carbocycles. The first-order chi connectivity index (χ1) is 8.61. The van der Waals surface area contributed by atoms with Gasteiger partial charge in [0.1, 0.15) is 6.54 Å². The molecule has 0 fully saturated rings. The molecular formula is C12H14BrNO3S. The van der Waals surface area contributed by atoms with Gasteiger partial charge < -0.3 is 10.1 Å². The average molecular weight is 332 g/mol. The maximum Gasteiger partial charge on any atom is 0.325 e. The van der Waals surface area contributed by atoms with Crippen molar-refractivity contribution in [1.82, 2.24) is 5.32 Å². The van der Waals surface area contributed by atoms with Crippen LogP contribution in [-0.4, -0.2) is 31.3 Å². The number of esters is 1. The lowest BCUT2D eigenvalue weighted by molar-refractivity contribution is -0.141. The maximum absolute atomic E-state index is 11.4. The summed E-state index contributed by atoms with van der Waals surface area (Å²) in [6.07, 6.45) is 0.373. The van der Waals surface area contributed by atoms with E-state index in [9.17, 15) is 9.59 Å². The van der Waals surface area contributed by atoms with Crippen LogP contribution >= 0.6 is 27.7 Å². The van der Waals surface area contributed by atoms with Crippen LogP contribution in [0.25, 0.3) is 0 Å². The molecule has 0 aromatic heterocycles. The van der Waals surface area contributed by atoms with E-state index in [0.29, 0.717) is 12.2 Å². The minimum Gasteiger partial charge on any atom is -0.468 e. The summed E-state index contributed by atoms with van der Waals surface area (Å²) >= 11 is 4.96. The molecule has 0 radical (unpaired) electrons. The SMILES string of the molecule is COC(=O)CNC(=O)CCSc1ccc(Br)cc1. The number of carbonyl (C=O) groups excluding carboxylic acids is 2. The molecule has 4 nitrogen and oxygen atoms in total. The lowest BCUT2D eigenvalue weighted by atomic mass is 10.4. The van der Waals surface area contributed by atoms with Gasteiger partial charge in [-0.3, -0.25) is 9.59 Å². The smallest absolute Gasteiger partial charge is 0.325 e. The van der Waals surface area contributed by atoms with Gasteiger partial charge in [0.25, 0.3) is 0 Å². The standard InChI is InChI=1S/C12H14BrNO3S/c1-17-12(16)8-14-11(15)6-7-18-10-4-2-9(13)3-5-10/h2-5H,6-8H2,1H3,(H,14,15). The van der Waals surface area contributed by atoms with E-state index >= 15 is 0 Å². The summed E-state index contributed by atoms with van der Waals surface area (Å²) in [6.45, 7) is -0.0711. The molecule has 0 heterocycles. The van der Waals surface area contributed by atoms with Gasteiger partial charge in [0, 0.05) is 21.5 Å². The molecule has 0 atom stereocenters. The number of methoxy groups -OCH3 is 1. The summed E-state index contributed by atoms with van der Waals surface area (Å²) in [6, 6.07) is 7.89. The number of benzene rings is 1. The normalized spacial score (nSPS) is 9.89. The van der Waals surface area contributed by atoms with Crippen molar-refractivity contribution in [2.45, 2.75) is 11.3 Å². The molecule has 0 saturated carbocycles. The molecule has 1 amide bonds. The number of hydrogen-bond donors (Lipinski definition) is 1. The highest BCUT2D eigenvalue weighted by Gasteiger charge is 2.05. The first-order valence-electron chi connectivity index (χ1n) is 5.33. The van der Waals surface area contributed by atoms with Crippen molar-refractivity contribution in [3.05, 3.63) is 28.7 Å². The fourth-order valence-corrected chi connectivity index (χ4v) is 2.24. The van der Waals surface area contributed by atoms with E-state index in [1.54, 1.807) is 11.8 Å². The predicted octanol–water partition coefficient (Wildman–Crippen LogP) is 2.22. The van der Waals surface area contributed by atoms with E-state index in [4.69, 9.17) is 0 Å². The Morgan fingerprint density at radius 3 is 2.61 bits per heavy atom. The van der Waals surface area contributed by atoms with Gasteiger partial charge in [-0.25, -0.2) is 0 Å². The Morgan fingerprint density at radius 2 is 2.00 bits per heavy atom. The van der Waals surface area contributed by atoms with Gasteiger partial charge >= 0.3 is 5.97 Å². The predicted molar refractivity (Wildman–Crippen MR) is 74.5 cm³/mol. The third kappa shape index (κ3) is 6.07. The Balaban J connectivity index is 2.19. The van der Waals surface area contributed by atoms with Gasteiger partial charge in [-0.1, -0.05) is 15.9 Å². The Bertz CT molecular complexity index is 408. The molecule has 6 heteroatoms. The van der Waals surface area contributed by atoms with E-state index in [2.05, 4.69) is 26.0 Å². The van der Waals surface area contributed by atoms with E-state index in [1.165, 1.54) is 7.11 Å². The summed E-state index contributed by atoms with van der Waals surface area (Å²) in [5.74, 6) is 0.0863. The number of amides is 1. The van der Waals surface area contributed by atoms with E-state index in [0.717, 1.165) is 9.37 Å². The van der Waals surface area contributed by atoms with Crippen LogP contribution in [0.4, 0.5) is 0 Å². The zero-order chi connectivity index (χ0) is 13.4. The number of hydrogen-bond acceptors (Lipinski definition) is 4. The second-order valence-corrected chi connectivity index (χ2v) is 5.49. The quantitative estimate of drug-likeness (QED) is 0.641. The zero-order valence-electron chi connectivity index (χ0n) is 9.94. The summed E-state index contributed by atoms with van der Waals surface area (Å²) in [5.41, 5.74) is 0. The van der Waals surface area contributed by atoms with Crippen LogP contribution in [0.2, 0.25) is 0 Å². The number of carbonyl (C=O) groups is 2. The molecule has 0 spiro atoms. The van der Waals surface area contributed by atoms with Crippen LogP contribution in [0, 0.1) is 0 Å². The number of thioether (sulfide) groups is 1. The molecular weight excluding hydrogens is 318 g/mol. The van der Waals surface area contributed by atoms with Gasteiger partial charge in [0.2, 0.25) is 5.91 Å². The van der Waals surface area contributed by atoms with Gasteiger partial charge in [-0.2, -0.15) is 0 Å². The molecule has 18 heavy (non-hydrogen) atoms. The monoisotopic (exact) mass is 331 g/mol. The highest BCUT2D eigenvalue weighted by atomic mass is 79.9. The zero-order valence-corrected chi connectivity index (χ0v) is 12.3. The molecule has 1 N–H and O–H groups in total. The lowest BCUT2D eigenvalue weighted by Gasteiger charge is -2.04. The molecule has 0 saturated heterocycles. The van der Waals surface area contributed by atoms with E-state index in [1.807, 2.05) is 24.3 Å². The van der Waals surface area contributed by atoms with Gasteiger partial charge in [-0.15, -0.1) is 11.8 Å². The minimum absolute atomic E-state index is 0.0711. The van der Waals surface area contributed by atoms with Crippen LogP contribution in [-0.2, 0) is 14.3 Å². The van der Waals surface area contributed by atoms with Crippen molar-refractivity contribution in [3.8, 4) is 0 Å². The average Bonchev–Trinajstić information content (AvgIpc) is 2.38. The summed E-state index contributed by atoms with van der Waals surface area (Å²) in [4.78, 5) is 23.3. The molecule has 1 aromatic rings. The highest BCUT2D eigenvalue weighted by Crippen LogP contribution is 2.20. The molecule has 98 valence electrons. The molecule has 0 unspecified atom stereocenters. The van der Waals surface area contributed by atoms with Crippen molar-refractivity contribution < 1.29 is 14.3 Å². The van der Waals surface area contributed by atoms with Crippen molar-refractivity contribution in [1.29, 1.82) is 0 Å². The number of halogens is 1. The van der Waals surface area contributed by atoms with E-state index in [-0.39, 0.29) is 12.5 Å². The summed E-state index contributed by atoms with van der Waals surface area (Å²) in [7, 11) is 1.29. The first kappa shape index (κ1) is 15.0. The van der Waals surface area contributed by atoms with Crippen molar-refractivity contribution in [2.75, 3.05) is 19.4 Å². The molecule has 0 aliphatic heterocycles. The van der Waals surface area contributed by atoms with Crippen LogP contribution in [0.5, 0.6) is 0 Å². The van der Waals surface area contributed by atoms with Crippen LogP contribution in [0.15, 0.2) is 33.6 Å². The second-order valence-electron chi connectivity index (χ2n) is 3.41. The molecule has 0 bridgehead atoms. The molecule has 1 rings (SSSR count). The van der Waals surface area contributed by atoms with Crippen molar-refractivity contribution in [2.24, 2.45) is 0 Å². The highest BCUT2D eigenvalue weighted by molar-refractivity contribution is 9.10. The van der Waals surface area contributed by atoms with E-state index < -0.39 is 5.97 Å². The Morgan fingerprint density at radius 1 is 1.33 bits per heavy atom. The van der Waals surface area contributed by atoms with Crippen LogP contribution < -0.4 is 5.32 Å². The Labute approximate surface area is 119 Å². The first-order valence-corrected chi connectivity index (χ1v) is 7.11. The van der Waals surface area contributed by atoms with Gasteiger partial charge in [0.15, 0.2) is 0 Å². The Hall–Kier alpha value is -1.01. The van der Waals surface area contributed by atoms with Gasteiger partial charge in [-0.05, 0) is 24.3 Å². The molecule has 0 aliphatic rings. The number of nitrogens with one attached hydrogen (secondary N) is 1. The topological polar surface area (TPSA) is 55.4 Å². The summed E-state index contributed by atoms with van der Waals surface area (Å²) in [5, 5.41) is 2.49. The third-order valence-electron chi connectivity index (χ3n) is 2.07. The lowest BCUT2D eigenvalue weighted by Crippen LogP contribution is -2.30. The summed E-state index contributed by atoms with van der Waals surface area (Å²) < 4.78 is 5.45. The van der Waals surface area contributed by atoms with Crippen molar-refractivity contribution >= 4 is 39.6 Å². The fourth-order valence-electron chi connectivity index (χ4n) is 1.12. The molecule has 0 aliphatic carbocycles. The van der Waals surface area contributed by atoms with Crippen LogP contribution in [0.1, 0.15) is 6.42 Å². The third-order valence-corrected chi connectivity index (χ3v) is 3.61. The number of ether oxygens (including phenoxy) is 1.